The average molecular weight is 829 g/mol. The fourth-order valence-corrected chi connectivity index (χ4v) is 9.97. The molecule has 0 aliphatic carbocycles. The maximum atomic E-state index is 6.82. The molecule has 0 saturated heterocycles. The molecule has 13 aromatic rings. The van der Waals surface area contributed by atoms with Crippen molar-refractivity contribution in [2.45, 2.75) is 0 Å². The van der Waals surface area contributed by atoms with Crippen molar-refractivity contribution >= 4 is 82.4 Å². The van der Waals surface area contributed by atoms with Crippen LogP contribution >= 0.6 is 0 Å². The molecule has 304 valence electrons. The minimum Gasteiger partial charge on any atom is -0.454 e. The van der Waals surface area contributed by atoms with Crippen LogP contribution < -0.4 is 4.90 Å². The average Bonchev–Trinajstić information content (AvgIpc) is 3.93. The van der Waals surface area contributed by atoms with E-state index in [1.54, 1.807) is 0 Å². The largest absolute Gasteiger partial charge is 0.454 e. The quantitative estimate of drug-likeness (QED) is 0.160. The Morgan fingerprint density at radius 3 is 1.65 bits per heavy atom. The monoisotopic (exact) mass is 828 g/mol. The Morgan fingerprint density at radius 2 is 0.877 bits per heavy atom. The first-order valence-electron chi connectivity index (χ1n) is 22.2. The predicted molar refractivity (Wildman–Crippen MR) is 274 cm³/mol. The smallest absolute Gasteiger partial charge is 0.159 e. The molecular weight excluding hydrogens is 789 g/mol. The van der Waals surface area contributed by atoms with Crippen LogP contribution in [0.15, 0.2) is 247 Å². The second kappa shape index (κ2) is 15.0. The maximum Gasteiger partial charge on any atom is 0.159 e. The third-order valence-electron chi connectivity index (χ3n) is 13.2. The molecule has 2 heterocycles. The topological polar surface area (TPSA) is 21.3 Å². The van der Waals surface area contributed by atoms with Crippen molar-refractivity contribution in [3.05, 3.63) is 243 Å². The van der Waals surface area contributed by atoms with E-state index in [-0.39, 0.29) is 0 Å². The van der Waals surface area contributed by atoms with E-state index in [4.69, 9.17) is 4.42 Å². The molecule has 0 aliphatic heterocycles. The van der Waals surface area contributed by atoms with Crippen molar-refractivity contribution in [3.8, 4) is 39.1 Å². The summed E-state index contributed by atoms with van der Waals surface area (Å²) in [5, 5.41) is 9.63. The van der Waals surface area contributed by atoms with Gasteiger partial charge in [-0.05, 0) is 116 Å². The van der Waals surface area contributed by atoms with Gasteiger partial charge in [-0.15, -0.1) is 0 Å². The Balaban J connectivity index is 0.947. The van der Waals surface area contributed by atoms with Gasteiger partial charge < -0.3 is 13.9 Å². The van der Waals surface area contributed by atoms with Gasteiger partial charge in [-0.25, -0.2) is 0 Å². The van der Waals surface area contributed by atoms with Crippen LogP contribution in [0.4, 0.5) is 17.1 Å². The van der Waals surface area contributed by atoms with E-state index in [1.807, 2.05) is 0 Å². The summed E-state index contributed by atoms with van der Waals surface area (Å²) in [5.74, 6) is 0. The molecule has 0 bridgehead atoms. The summed E-state index contributed by atoms with van der Waals surface area (Å²) in [4.78, 5) is 2.33. The van der Waals surface area contributed by atoms with Crippen LogP contribution in [0.2, 0.25) is 0 Å². The molecule has 13 rings (SSSR count). The number of para-hydroxylation sites is 2. The highest BCUT2D eigenvalue weighted by molar-refractivity contribution is 6.19. The summed E-state index contributed by atoms with van der Waals surface area (Å²) in [6.07, 6.45) is 0. The highest BCUT2D eigenvalue weighted by Crippen LogP contribution is 2.44. The van der Waals surface area contributed by atoms with Gasteiger partial charge in [-0.1, -0.05) is 176 Å². The fourth-order valence-electron chi connectivity index (χ4n) is 9.97. The van der Waals surface area contributed by atoms with Crippen LogP contribution in [-0.4, -0.2) is 4.57 Å². The maximum absolute atomic E-state index is 6.82. The highest BCUT2D eigenvalue weighted by atomic mass is 16.3. The van der Waals surface area contributed by atoms with Crippen molar-refractivity contribution in [2.24, 2.45) is 0 Å². The zero-order valence-corrected chi connectivity index (χ0v) is 35.4. The number of benzene rings is 11. The van der Waals surface area contributed by atoms with Crippen molar-refractivity contribution in [1.82, 2.24) is 4.57 Å². The molecule has 0 aliphatic rings. The minimum atomic E-state index is 0.849. The summed E-state index contributed by atoms with van der Waals surface area (Å²) in [6, 6.07) is 87.6. The molecule has 0 amide bonds. The minimum absolute atomic E-state index is 0.849. The van der Waals surface area contributed by atoms with E-state index in [2.05, 4.69) is 252 Å². The summed E-state index contributed by atoms with van der Waals surface area (Å²) in [6.45, 7) is 0. The van der Waals surface area contributed by atoms with Gasteiger partial charge in [0.15, 0.2) is 5.58 Å². The van der Waals surface area contributed by atoms with Gasteiger partial charge in [-0.2, -0.15) is 0 Å². The SMILES string of the molecule is c1ccc(-c2ccc3oc4c(N(c5ccc(-c6ccc7ccccc7c6)cc5)c5ccc(-c6ccc7c8ccc9ccccc9c8n(-c8ccccc8)c7c6)cc5)cccc4c3c2)cc1. The number of rotatable bonds is 7. The molecule has 3 heteroatoms. The third-order valence-corrected chi connectivity index (χ3v) is 13.2. The summed E-state index contributed by atoms with van der Waals surface area (Å²) in [7, 11) is 0. The lowest BCUT2D eigenvalue weighted by Gasteiger charge is -2.26. The zero-order valence-electron chi connectivity index (χ0n) is 35.4. The molecule has 3 nitrogen and oxygen atoms in total. The standard InChI is InChI=1S/C62H40N2O/c1-3-12-41(13-4-1)48-30-37-60-57(39-48)56-20-11-21-58(62(56)65-60)63(51-31-24-43(25-32-51)47-23-22-42-14-7-8-16-46(42)38-47)52-33-26-44(27-34-52)49-29-35-54-55-36-28-45-15-9-10-19-53(45)61(55)64(59(54)40-49)50-17-5-2-6-18-50/h1-40H. The number of anilines is 3. The van der Waals surface area contributed by atoms with Gasteiger partial charge >= 0.3 is 0 Å². The molecule has 2 aromatic heterocycles. The fraction of sp³-hybridized carbons (Fsp3) is 0. The Bertz CT molecular complexity index is 3920. The van der Waals surface area contributed by atoms with E-state index in [9.17, 15) is 0 Å². The van der Waals surface area contributed by atoms with E-state index < -0.39 is 0 Å². The van der Waals surface area contributed by atoms with Gasteiger partial charge in [0.1, 0.15) is 5.58 Å². The van der Waals surface area contributed by atoms with E-state index in [0.29, 0.717) is 0 Å². The molecule has 0 N–H and O–H groups in total. The first-order chi connectivity index (χ1) is 32.2. The molecule has 0 unspecified atom stereocenters. The Kier molecular flexibility index (Phi) is 8.53. The summed E-state index contributed by atoms with van der Waals surface area (Å²) in [5.41, 5.74) is 15.4. The Labute approximate surface area is 376 Å². The number of aromatic nitrogens is 1. The van der Waals surface area contributed by atoms with Gasteiger partial charge in [0, 0.05) is 44.0 Å². The van der Waals surface area contributed by atoms with E-state index in [0.717, 1.165) is 55.8 Å². The molecule has 65 heavy (non-hydrogen) atoms. The normalized spacial score (nSPS) is 11.7. The molecule has 0 atom stereocenters. The number of hydrogen-bond acceptors (Lipinski definition) is 2. The molecule has 0 fully saturated rings. The zero-order chi connectivity index (χ0) is 42.8. The lowest BCUT2D eigenvalue weighted by Crippen LogP contribution is -2.10. The van der Waals surface area contributed by atoms with Crippen molar-refractivity contribution in [1.29, 1.82) is 0 Å². The molecule has 11 aromatic carbocycles. The van der Waals surface area contributed by atoms with Gasteiger partial charge in [0.2, 0.25) is 0 Å². The summed E-state index contributed by atoms with van der Waals surface area (Å²) < 4.78 is 9.26. The summed E-state index contributed by atoms with van der Waals surface area (Å²) >= 11 is 0. The van der Waals surface area contributed by atoms with Crippen LogP contribution in [0.5, 0.6) is 0 Å². The second-order valence-electron chi connectivity index (χ2n) is 16.9. The molecular formula is C62H40N2O. The van der Waals surface area contributed by atoms with Crippen molar-refractivity contribution in [3.63, 3.8) is 0 Å². The van der Waals surface area contributed by atoms with Crippen LogP contribution in [0.25, 0.3) is 104 Å². The number of hydrogen-bond donors (Lipinski definition) is 0. The Hall–Kier alpha value is -8.66. The number of fused-ring (bicyclic) bond motifs is 9. The van der Waals surface area contributed by atoms with Gasteiger partial charge in [0.05, 0.1) is 16.7 Å². The predicted octanol–water partition coefficient (Wildman–Crippen LogP) is 17.5. The van der Waals surface area contributed by atoms with Crippen LogP contribution in [-0.2, 0) is 0 Å². The number of furan rings is 1. The van der Waals surface area contributed by atoms with Crippen molar-refractivity contribution < 1.29 is 4.42 Å². The van der Waals surface area contributed by atoms with Gasteiger partial charge in [-0.3, -0.25) is 0 Å². The third kappa shape index (κ3) is 6.20. The first kappa shape index (κ1) is 36.9. The Morgan fingerprint density at radius 1 is 0.323 bits per heavy atom. The van der Waals surface area contributed by atoms with Crippen LogP contribution in [0.3, 0.4) is 0 Å². The lowest BCUT2D eigenvalue weighted by atomic mass is 10.00. The van der Waals surface area contributed by atoms with E-state index >= 15 is 0 Å². The van der Waals surface area contributed by atoms with E-state index in [1.165, 1.54) is 65.6 Å². The molecule has 0 saturated carbocycles. The first-order valence-corrected chi connectivity index (χ1v) is 22.2. The van der Waals surface area contributed by atoms with Gasteiger partial charge in [0.25, 0.3) is 0 Å². The highest BCUT2D eigenvalue weighted by Gasteiger charge is 2.21. The second-order valence-corrected chi connectivity index (χ2v) is 16.9. The molecule has 0 radical (unpaired) electrons. The lowest BCUT2D eigenvalue weighted by molar-refractivity contribution is 0.669. The van der Waals surface area contributed by atoms with Crippen LogP contribution in [0, 0.1) is 0 Å². The van der Waals surface area contributed by atoms with Crippen molar-refractivity contribution in [2.75, 3.05) is 4.90 Å². The number of nitrogens with zero attached hydrogens (tertiary/aromatic N) is 2. The molecule has 0 spiro atoms. The van der Waals surface area contributed by atoms with Crippen LogP contribution in [0.1, 0.15) is 0 Å².